The van der Waals surface area contributed by atoms with Gasteiger partial charge in [0.1, 0.15) is 16.7 Å². The van der Waals surface area contributed by atoms with E-state index in [4.69, 9.17) is 21.2 Å². The fourth-order valence-corrected chi connectivity index (χ4v) is 6.49. The highest BCUT2D eigenvalue weighted by molar-refractivity contribution is 6.28. The summed E-state index contributed by atoms with van der Waals surface area (Å²) >= 11 is 0. The van der Waals surface area contributed by atoms with E-state index in [1.54, 1.807) is 30.5 Å². The van der Waals surface area contributed by atoms with Gasteiger partial charge in [0.2, 0.25) is 0 Å². The summed E-state index contributed by atoms with van der Waals surface area (Å²) in [4.78, 5) is 0. The Morgan fingerprint density at radius 3 is 1.89 bits per heavy atom. The van der Waals surface area contributed by atoms with Crippen LogP contribution in [0.2, 0.25) is 0 Å². The molecule has 0 amide bonds. The van der Waals surface area contributed by atoms with E-state index in [-0.39, 0.29) is 32.7 Å². The predicted octanol–water partition coefficient (Wildman–Crippen LogP) is 12.8. The van der Waals surface area contributed by atoms with E-state index in [1.807, 2.05) is 36.4 Å². The van der Waals surface area contributed by atoms with Crippen molar-refractivity contribution in [1.82, 2.24) is 0 Å². The maximum Gasteiger partial charge on any atom is 0.146 e. The molecule has 8 aromatic carbocycles. The van der Waals surface area contributed by atoms with Gasteiger partial charge in [-0.2, -0.15) is 0 Å². The molecule has 0 N–H and O–H groups in total. The van der Waals surface area contributed by atoms with Gasteiger partial charge in [0, 0.05) is 16.3 Å². The monoisotopic (exact) mass is 601 g/mol. The van der Waals surface area contributed by atoms with E-state index in [0.717, 1.165) is 16.5 Å². The predicted molar refractivity (Wildman–Crippen MR) is 192 cm³/mol. The average molecular weight is 602 g/mol. The molecule has 0 aliphatic rings. The summed E-state index contributed by atoms with van der Waals surface area (Å²) in [5.74, 6) is 0. The molecule has 0 spiro atoms. The highest BCUT2D eigenvalue weighted by Crippen LogP contribution is 2.48. The summed E-state index contributed by atoms with van der Waals surface area (Å²) in [7, 11) is 0. The second kappa shape index (κ2) is 9.69. The maximum atomic E-state index is 9.49. The number of rotatable bonds is 3. The number of fused-ring (bicyclic) bond motifs is 8. The van der Waals surface area contributed by atoms with Gasteiger partial charge in [-0.15, -0.1) is 0 Å². The van der Waals surface area contributed by atoms with Crippen molar-refractivity contribution in [2.45, 2.75) is 0 Å². The standard InChI is InChI=1S/C44H26O2/c1-2-12-28(13-3-1)37-26-45-44-35(37)23-24-39-43(44)42-36(19-10-20-38(42)46-39)41-33-17-8-6-15-31(33)40(32-16-7-9-18-34(32)41)30-22-21-27-11-4-5-14-29(27)25-30/h1-26H/i4D,5D,6D,7D,8D,9D,11D,14D,15D,16D,17D,18D,21D,22D,25D. The van der Waals surface area contributed by atoms with Crippen LogP contribution in [0.15, 0.2) is 166 Å². The van der Waals surface area contributed by atoms with Crippen molar-refractivity contribution in [3.63, 3.8) is 0 Å². The van der Waals surface area contributed by atoms with E-state index >= 15 is 0 Å². The molecule has 0 saturated heterocycles. The van der Waals surface area contributed by atoms with Crippen molar-refractivity contribution < 1.29 is 29.4 Å². The molecule has 2 heterocycles. The van der Waals surface area contributed by atoms with Gasteiger partial charge in [0.15, 0.2) is 0 Å². The van der Waals surface area contributed by atoms with Crippen molar-refractivity contribution in [1.29, 1.82) is 0 Å². The van der Waals surface area contributed by atoms with Crippen LogP contribution in [-0.2, 0) is 0 Å². The van der Waals surface area contributed by atoms with Gasteiger partial charge in [-0.25, -0.2) is 0 Å². The lowest BCUT2D eigenvalue weighted by Crippen LogP contribution is -1.91. The van der Waals surface area contributed by atoms with Gasteiger partial charge in [0.25, 0.3) is 0 Å². The van der Waals surface area contributed by atoms with Crippen molar-refractivity contribution in [2.75, 3.05) is 0 Å². The van der Waals surface area contributed by atoms with Crippen molar-refractivity contribution >= 4 is 65.2 Å². The van der Waals surface area contributed by atoms with Crippen LogP contribution in [0, 0.1) is 0 Å². The van der Waals surface area contributed by atoms with Crippen LogP contribution in [-0.4, -0.2) is 0 Å². The van der Waals surface area contributed by atoms with Gasteiger partial charge in [-0.1, -0.05) is 127 Å². The normalized spacial score (nSPS) is 16.5. The lowest BCUT2D eigenvalue weighted by Gasteiger charge is -2.18. The third-order valence-electron chi connectivity index (χ3n) is 8.43. The molecule has 2 heteroatoms. The molecule has 0 unspecified atom stereocenters. The summed E-state index contributed by atoms with van der Waals surface area (Å²) in [6, 6.07) is 7.89. The summed E-state index contributed by atoms with van der Waals surface area (Å²) < 4.78 is 148. The Morgan fingerprint density at radius 2 is 1.13 bits per heavy atom. The van der Waals surface area contributed by atoms with Crippen LogP contribution in [0.1, 0.15) is 20.6 Å². The third kappa shape index (κ3) is 3.59. The zero-order valence-electron chi connectivity index (χ0n) is 38.7. The smallest absolute Gasteiger partial charge is 0.146 e. The largest absolute Gasteiger partial charge is 0.463 e. The lowest BCUT2D eigenvalue weighted by molar-refractivity contribution is 0.619. The first-order valence-electron chi connectivity index (χ1n) is 22.0. The zero-order chi connectivity index (χ0) is 43.2. The van der Waals surface area contributed by atoms with E-state index < -0.39 is 113 Å². The zero-order valence-corrected chi connectivity index (χ0v) is 23.7. The summed E-state index contributed by atoms with van der Waals surface area (Å²) in [6.45, 7) is 0. The molecular formula is C44H26O2. The molecule has 10 aromatic rings. The summed E-state index contributed by atoms with van der Waals surface area (Å²) in [5, 5.41) is -0.352. The molecule has 0 aliphatic carbocycles. The van der Waals surface area contributed by atoms with Crippen LogP contribution in [0.25, 0.3) is 98.6 Å². The summed E-state index contributed by atoms with van der Waals surface area (Å²) in [5.41, 5.74) is 2.15. The van der Waals surface area contributed by atoms with Crippen molar-refractivity contribution in [3.05, 3.63) is 158 Å². The highest BCUT2D eigenvalue weighted by Gasteiger charge is 2.22. The number of benzene rings is 8. The SMILES string of the molecule is [2H]c1c([2H])c([2H])c2c([2H])c(-c3c4c([2H])c([2H])c([2H])c([2H])c4c(-c4cccc5oc6ccc7c(-c8ccccc8)coc7c6c45)c4c([2H])c([2H])c([2H])c([2H])c34)c([2H])c([2H])c2c1[2H]. The Hall–Kier alpha value is -6.12. The Bertz CT molecular complexity index is 3570. The first kappa shape index (κ1) is 14.8. The first-order chi connectivity index (χ1) is 29.1. The van der Waals surface area contributed by atoms with E-state index in [2.05, 4.69) is 0 Å². The second-order valence-corrected chi connectivity index (χ2v) is 10.9. The quantitative estimate of drug-likeness (QED) is 0.188. The first-order valence-corrected chi connectivity index (χ1v) is 14.5. The van der Waals surface area contributed by atoms with E-state index in [9.17, 15) is 8.22 Å². The Balaban J connectivity index is 1.48. The Labute approximate surface area is 285 Å². The molecule has 0 saturated carbocycles. The molecule has 0 atom stereocenters. The average Bonchev–Trinajstić information content (AvgIpc) is 3.87. The molecule has 2 aromatic heterocycles. The molecule has 10 rings (SSSR count). The number of furan rings is 2. The van der Waals surface area contributed by atoms with Crippen LogP contribution >= 0.6 is 0 Å². The maximum absolute atomic E-state index is 9.49. The molecule has 0 fully saturated rings. The Kier molecular flexibility index (Phi) is 3.11. The highest BCUT2D eigenvalue weighted by atomic mass is 16.3. The van der Waals surface area contributed by atoms with Crippen molar-refractivity contribution in [2.24, 2.45) is 0 Å². The fourth-order valence-electron chi connectivity index (χ4n) is 6.49. The van der Waals surface area contributed by atoms with Gasteiger partial charge in [0.05, 0.1) is 32.2 Å². The minimum atomic E-state index is -0.755. The van der Waals surface area contributed by atoms with Gasteiger partial charge < -0.3 is 8.83 Å². The third-order valence-corrected chi connectivity index (χ3v) is 8.43. The van der Waals surface area contributed by atoms with E-state index in [0.29, 0.717) is 27.5 Å². The molecule has 2 nitrogen and oxygen atoms in total. The lowest BCUT2D eigenvalue weighted by atomic mass is 9.84. The van der Waals surface area contributed by atoms with E-state index in [1.165, 1.54) is 0 Å². The Morgan fingerprint density at radius 1 is 0.457 bits per heavy atom. The molecule has 214 valence electrons. The van der Waals surface area contributed by atoms with Gasteiger partial charge in [-0.05, 0) is 84.4 Å². The minimum absolute atomic E-state index is 0.0280. The van der Waals surface area contributed by atoms with Gasteiger partial charge in [-0.3, -0.25) is 0 Å². The van der Waals surface area contributed by atoms with Gasteiger partial charge >= 0.3 is 0 Å². The van der Waals surface area contributed by atoms with Crippen molar-refractivity contribution in [3.8, 4) is 33.4 Å². The van der Waals surface area contributed by atoms with Crippen LogP contribution in [0.4, 0.5) is 0 Å². The number of hydrogen-bond donors (Lipinski definition) is 0. The molecule has 0 bridgehead atoms. The molecule has 0 radical (unpaired) electrons. The van der Waals surface area contributed by atoms with Crippen LogP contribution in [0.3, 0.4) is 0 Å². The summed E-state index contributed by atoms with van der Waals surface area (Å²) in [6.07, 6.45) is 1.62. The van der Waals surface area contributed by atoms with Crippen LogP contribution < -0.4 is 0 Å². The minimum Gasteiger partial charge on any atom is -0.463 e. The fraction of sp³-hybridized carbons (Fsp3) is 0. The second-order valence-electron chi connectivity index (χ2n) is 10.9. The topological polar surface area (TPSA) is 26.3 Å². The van der Waals surface area contributed by atoms with Crippen LogP contribution in [0.5, 0.6) is 0 Å². The molecule has 0 aliphatic heterocycles. The molecule has 46 heavy (non-hydrogen) atoms. The molecular weight excluding hydrogens is 560 g/mol. The number of hydrogen-bond acceptors (Lipinski definition) is 2.